The van der Waals surface area contributed by atoms with Crippen LogP contribution in [-0.2, 0) is 13.2 Å². The Morgan fingerprint density at radius 3 is 2.08 bits per heavy atom. The van der Waals surface area contributed by atoms with E-state index in [1.165, 1.54) is 53.1 Å². The second-order valence-corrected chi connectivity index (χ2v) is 9.69. The predicted octanol–water partition coefficient (Wildman–Crippen LogP) is 7.83. The molecule has 0 saturated carbocycles. The molecular formula is C35H30N2OS. The normalized spacial score (nSPS) is 11.2. The minimum absolute atomic E-state index is 0.563. The molecule has 0 unspecified atom stereocenters. The molecule has 0 aliphatic carbocycles. The Kier molecular flexibility index (Phi) is 11.9. The number of benzene rings is 2. The van der Waals surface area contributed by atoms with E-state index in [9.17, 15) is 0 Å². The van der Waals surface area contributed by atoms with Crippen molar-refractivity contribution in [1.29, 1.82) is 0 Å². The van der Waals surface area contributed by atoms with Gasteiger partial charge in [-0.3, -0.25) is 4.90 Å². The molecule has 1 aliphatic heterocycles. The molecule has 192 valence electrons. The smallest absolute Gasteiger partial charge is 0.123 e. The molecule has 2 heterocycles. The molecule has 39 heavy (non-hydrogen) atoms. The Bertz CT molecular complexity index is 1600. The highest BCUT2D eigenvalue weighted by atomic mass is 32.1. The van der Waals surface area contributed by atoms with E-state index >= 15 is 0 Å². The average molecular weight is 527 g/mol. The fourth-order valence-corrected chi connectivity index (χ4v) is 4.86. The van der Waals surface area contributed by atoms with E-state index in [0.717, 1.165) is 17.3 Å². The Morgan fingerprint density at radius 2 is 1.46 bits per heavy atom. The molecule has 4 rings (SSSR count). The predicted molar refractivity (Wildman–Crippen MR) is 161 cm³/mol. The molecule has 2 N–H and O–H groups in total. The highest BCUT2D eigenvalue weighted by Gasteiger charge is 2.15. The molecule has 0 atom stereocenters. The summed E-state index contributed by atoms with van der Waals surface area (Å²) in [5.41, 5.74) is 35.5. The fourth-order valence-electron chi connectivity index (χ4n) is 4.00. The number of hydrogen-bond acceptors (Lipinski definition) is 4. The van der Waals surface area contributed by atoms with Crippen LogP contribution < -0.4 is 10.5 Å². The molecule has 1 aromatic heterocycles. The van der Waals surface area contributed by atoms with Gasteiger partial charge in [0.1, 0.15) is 12.4 Å². The molecule has 1 aliphatic rings. The summed E-state index contributed by atoms with van der Waals surface area (Å²) in [6, 6.07) is 18.9. The van der Waals surface area contributed by atoms with Gasteiger partial charge in [-0.25, -0.2) is 0 Å². The fraction of sp³-hybridized carbons (Fsp3) is 0.200. The summed E-state index contributed by atoms with van der Waals surface area (Å²) in [4.78, 5) is 3.67. The molecule has 1 fully saturated rings. The molecule has 2 aromatic carbocycles. The third kappa shape index (κ3) is 9.56. The van der Waals surface area contributed by atoms with Crippen molar-refractivity contribution in [3.63, 3.8) is 0 Å². The first-order chi connectivity index (χ1) is 19.1. The number of rotatable bonds is 6. The Balaban J connectivity index is 0.000000298. The van der Waals surface area contributed by atoms with Crippen molar-refractivity contribution >= 4 is 16.3 Å². The van der Waals surface area contributed by atoms with Crippen LogP contribution in [0.2, 0.25) is 0 Å². The van der Waals surface area contributed by atoms with E-state index in [1.54, 1.807) is 11.3 Å². The summed E-state index contributed by atoms with van der Waals surface area (Å²) in [7, 11) is 0. The summed E-state index contributed by atoms with van der Waals surface area (Å²) >= 11 is 1.65. The third-order valence-electron chi connectivity index (χ3n) is 5.84. The van der Waals surface area contributed by atoms with Crippen LogP contribution in [0.5, 0.6) is 5.75 Å². The maximum atomic E-state index is 6.25. The lowest BCUT2D eigenvalue weighted by molar-refractivity contribution is 0.307. The molecule has 0 amide bonds. The molecule has 0 radical (unpaired) electrons. The number of nitrogens with zero attached hydrogens (tertiary/aromatic N) is 1. The molecule has 3 nitrogen and oxygen atoms in total. The van der Waals surface area contributed by atoms with Crippen molar-refractivity contribution in [2.45, 2.75) is 32.9 Å². The van der Waals surface area contributed by atoms with Gasteiger partial charge in [-0.05, 0) is 121 Å². The van der Waals surface area contributed by atoms with Gasteiger partial charge in [-0.1, -0.05) is 53.9 Å². The average Bonchev–Trinajstić information content (AvgIpc) is 3.60. The Morgan fingerprint density at radius 1 is 0.846 bits per heavy atom. The minimum atomic E-state index is 0.563. The van der Waals surface area contributed by atoms with Gasteiger partial charge in [0.25, 0.3) is 0 Å². The van der Waals surface area contributed by atoms with Crippen LogP contribution in [0.1, 0.15) is 28.8 Å². The maximum absolute atomic E-state index is 6.25. The molecular weight excluding hydrogens is 496 g/mol. The number of thiophene rings is 1. The van der Waals surface area contributed by atoms with Gasteiger partial charge in [0, 0.05) is 17.0 Å². The van der Waals surface area contributed by atoms with Crippen LogP contribution in [0.15, 0.2) is 125 Å². The van der Waals surface area contributed by atoms with Crippen LogP contribution >= 0.6 is 11.3 Å². The monoisotopic (exact) mass is 526 g/mol. The highest BCUT2D eigenvalue weighted by molar-refractivity contribution is 7.16. The van der Waals surface area contributed by atoms with Gasteiger partial charge in [-0.15, -0.1) is 11.3 Å². The third-order valence-corrected chi connectivity index (χ3v) is 6.82. The van der Waals surface area contributed by atoms with Gasteiger partial charge < -0.3 is 10.5 Å². The summed E-state index contributed by atoms with van der Waals surface area (Å²) in [5.74, 6) is 0.935. The van der Waals surface area contributed by atoms with Crippen LogP contribution in [0, 0.1) is 6.92 Å². The molecule has 0 bridgehead atoms. The zero-order valence-electron chi connectivity index (χ0n) is 22.2. The van der Waals surface area contributed by atoms with Crippen LogP contribution in [0.25, 0.3) is 11.1 Å². The van der Waals surface area contributed by atoms with Gasteiger partial charge in [0.15, 0.2) is 0 Å². The summed E-state index contributed by atoms with van der Waals surface area (Å²) < 4.78 is 6.16. The van der Waals surface area contributed by atoms with Crippen molar-refractivity contribution in [2.75, 3.05) is 18.8 Å². The molecule has 4 heteroatoms. The summed E-state index contributed by atoms with van der Waals surface area (Å²) in [5, 5.41) is 0.926. The van der Waals surface area contributed by atoms with Crippen molar-refractivity contribution < 1.29 is 4.74 Å². The Labute approximate surface area is 235 Å². The van der Waals surface area contributed by atoms with E-state index in [0.29, 0.717) is 6.61 Å². The van der Waals surface area contributed by atoms with Crippen LogP contribution in [0.4, 0.5) is 5.00 Å². The molecule has 1 saturated heterocycles. The maximum Gasteiger partial charge on any atom is 0.123 e. The van der Waals surface area contributed by atoms with Gasteiger partial charge >= 0.3 is 0 Å². The lowest BCUT2D eigenvalue weighted by atomic mass is 10.00. The number of nitrogens with two attached hydrogens (primary N) is 1. The first kappa shape index (κ1) is 28.8. The van der Waals surface area contributed by atoms with Gasteiger partial charge in [0.05, 0.1) is 5.00 Å². The number of likely N-dealkylation sites (tertiary alicyclic amines) is 1. The van der Waals surface area contributed by atoms with Gasteiger partial charge in [0.2, 0.25) is 0 Å². The van der Waals surface area contributed by atoms with Crippen LogP contribution in [-0.4, -0.2) is 18.0 Å². The summed E-state index contributed by atoms with van der Waals surface area (Å²) in [6.45, 7) is 12.6. The zero-order valence-corrected chi connectivity index (χ0v) is 23.0. The highest BCUT2D eigenvalue weighted by Crippen LogP contribution is 2.32. The first-order valence-corrected chi connectivity index (χ1v) is 13.4. The zero-order chi connectivity index (χ0) is 27.7. The number of anilines is 1. The standard InChI is InChI=1S/C23H26N2OS.C12H4/c1-17-21(18-8-3-2-4-9-18)10-7-11-22(17)26-16-20-14-19(23(24)27-20)15-25-12-5-6-13-25;1-3-5-7-9-11-12-10-8-6-4-2/h2-4,7-11,14H,5-6,12-13,15-16,24H2,1H3;1-2H2. The second kappa shape index (κ2) is 16.2. The van der Waals surface area contributed by atoms with E-state index in [4.69, 9.17) is 10.5 Å². The topological polar surface area (TPSA) is 38.5 Å². The molecule has 3 aromatic rings. The van der Waals surface area contributed by atoms with Crippen molar-refractivity contribution in [3.05, 3.63) is 141 Å². The van der Waals surface area contributed by atoms with Crippen molar-refractivity contribution in [3.8, 4) is 16.9 Å². The number of nitrogen functional groups attached to an aromatic ring is 1. The van der Waals surface area contributed by atoms with E-state index in [1.807, 2.05) is 12.1 Å². The second-order valence-electron chi connectivity index (χ2n) is 8.52. The van der Waals surface area contributed by atoms with Crippen LogP contribution in [0.3, 0.4) is 0 Å². The quantitative estimate of drug-likeness (QED) is 0.333. The largest absolute Gasteiger partial charge is 0.488 e. The number of ether oxygens (including phenoxy) is 1. The van der Waals surface area contributed by atoms with E-state index < -0.39 is 0 Å². The lowest BCUT2D eigenvalue weighted by Gasteiger charge is -2.13. The van der Waals surface area contributed by atoms with E-state index in [2.05, 4.69) is 125 Å². The SMILES string of the molecule is C=C=C=C=C=C=C=C=C=C=C=C.Cc1c(OCc2cc(CN3CCCC3)c(N)s2)cccc1-c1ccccc1. The minimum Gasteiger partial charge on any atom is -0.488 e. The lowest BCUT2D eigenvalue weighted by Crippen LogP contribution is -2.18. The van der Waals surface area contributed by atoms with E-state index in [-0.39, 0.29) is 0 Å². The molecule has 0 spiro atoms. The summed E-state index contributed by atoms with van der Waals surface area (Å²) in [6.07, 6.45) is 2.61. The Hall–Kier alpha value is -4.76. The first-order valence-electron chi connectivity index (χ1n) is 12.5. The van der Waals surface area contributed by atoms with Crippen molar-refractivity contribution in [2.24, 2.45) is 0 Å². The number of hydrogen-bond donors (Lipinski definition) is 1. The van der Waals surface area contributed by atoms with Crippen molar-refractivity contribution in [1.82, 2.24) is 4.90 Å². The van der Waals surface area contributed by atoms with Gasteiger partial charge in [-0.2, -0.15) is 0 Å².